The molecule has 4 N–H and O–H groups in total. The van der Waals surface area contributed by atoms with Gasteiger partial charge in [-0.2, -0.15) is 18.9 Å². The maximum atomic E-state index is 13.4. The van der Waals surface area contributed by atoms with Crippen molar-refractivity contribution in [3.8, 4) is 5.75 Å². The Morgan fingerprint density at radius 3 is 2.61 bits per heavy atom. The number of H-pyrrole nitrogens is 2. The molecule has 3 aliphatic rings. The van der Waals surface area contributed by atoms with Gasteiger partial charge in [-0.1, -0.05) is 36.4 Å². The van der Waals surface area contributed by atoms with Gasteiger partial charge in [0.2, 0.25) is 5.95 Å². The van der Waals surface area contributed by atoms with Crippen molar-refractivity contribution in [1.82, 2.24) is 20.2 Å². The second-order valence-corrected chi connectivity index (χ2v) is 10.9. The van der Waals surface area contributed by atoms with Crippen molar-refractivity contribution in [2.75, 3.05) is 18.0 Å². The van der Waals surface area contributed by atoms with Gasteiger partial charge in [0.1, 0.15) is 11.1 Å². The van der Waals surface area contributed by atoms with Gasteiger partial charge in [0.15, 0.2) is 5.65 Å². The predicted molar refractivity (Wildman–Crippen MR) is 139 cm³/mol. The first kappa shape index (κ1) is 23.3. The number of anilines is 1. The van der Waals surface area contributed by atoms with Gasteiger partial charge in [0.25, 0.3) is 5.56 Å². The molecule has 1 saturated carbocycles. The second kappa shape index (κ2) is 8.36. The Hall–Kier alpha value is -3.79. The lowest BCUT2D eigenvalue weighted by Gasteiger charge is -2.42. The molecule has 10 heteroatoms. The molecule has 1 atom stereocenters. The molecule has 38 heavy (non-hydrogen) atoms. The van der Waals surface area contributed by atoms with Crippen molar-refractivity contribution in [2.24, 2.45) is 11.1 Å². The molecule has 3 heterocycles. The van der Waals surface area contributed by atoms with Crippen LogP contribution in [0.1, 0.15) is 54.1 Å². The highest BCUT2D eigenvalue weighted by Crippen LogP contribution is 2.54. The first-order chi connectivity index (χ1) is 18.4. The number of aromatic amines is 2. The fourth-order valence-corrected chi connectivity index (χ4v) is 6.66. The topological polar surface area (TPSA) is 113 Å². The van der Waals surface area contributed by atoms with Crippen molar-refractivity contribution in [3.05, 3.63) is 81.3 Å². The maximum Gasteiger partial charge on any atom is 0.387 e. The Bertz CT molecular complexity index is 1590. The standard InChI is InChI=1S/C28H28F2N6O2/c29-25(30)38-18-6-3-5-17(14-18)28(8-9-28)22-20-23(35-34-22)32-26(33-24(20)37)36-12-10-27(11-13-36)15-16-4-1-2-7-19(16)21(27)31/h1-7,14,21,25H,8-13,15,31H2,(H2,32,33,34,35,37)/t21-/m1/s1. The lowest BCUT2D eigenvalue weighted by molar-refractivity contribution is -0.0499. The first-order valence-corrected chi connectivity index (χ1v) is 13.0. The van der Waals surface area contributed by atoms with Crippen molar-refractivity contribution >= 4 is 17.0 Å². The molecule has 1 saturated heterocycles. The minimum absolute atomic E-state index is 0.0172. The molecule has 7 rings (SSSR count). The number of rotatable bonds is 5. The highest BCUT2D eigenvalue weighted by atomic mass is 19.3. The Morgan fingerprint density at radius 2 is 1.87 bits per heavy atom. The number of fused-ring (bicyclic) bond motifs is 2. The molecule has 2 aromatic heterocycles. The quantitative estimate of drug-likeness (QED) is 0.366. The van der Waals surface area contributed by atoms with Gasteiger partial charge in [-0.05, 0) is 66.3 Å². The summed E-state index contributed by atoms with van der Waals surface area (Å²) in [6, 6.07) is 15.1. The minimum Gasteiger partial charge on any atom is -0.435 e. The number of halogens is 2. The first-order valence-electron chi connectivity index (χ1n) is 13.0. The van der Waals surface area contributed by atoms with Gasteiger partial charge in [-0.25, -0.2) is 0 Å². The van der Waals surface area contributed by atoms with Crippen molar-refractivity contribution in [2.45, 2.75) is 50.2 Å². The van der Waals surface area contributed by atoms with Gasteiger partial charge in [0.05, 0.1) is 5.69 Å². The fourth-order valence-electron chi connectivity index (χ4n) is 6.66. The average Bonchev–Trinajstić information content (AvgIpc) is 3.53. The summed E-state index contributed by atoms with van der Waals surface area (Å²) in [7, 11) is 0. The lowest BCUT2D eigenvalue weighted by Crippen LogP contribution is -2.45. The van der Waals surface area contributed by atoms with Crippen molar-refractivity contribution in [1.29, 1.82) is 0 Å². The Morgan fingerprint density at radius 1 is 1.08 bits per heavy atom. The van der Waals surface area contributed by atoms with E-state index in [1.54, 1.807) is 12.1 Å². The fraction of sp³-hybridized carbons (Fsp3) is 0.393. The zero-order chi connectivity index (χ0) is 26.1. The van der Waals surface area contributed by atoms with E-state index >= 15 is 0 Å². The van der Waals surface area contributed by atoms with Crippen molar-refractivity contribution in [3.63, 3.8) is 0 Å². The largest absolute Gasteiger partial charge is 0.435 e. The van der Waals surface area contributed by atoms with E-state index in [0.717, 1.165) is 50.8 Å². The van der Waals surface area contributed by atoms with Crippen LogP contribution in [0.3, 0.4) is 0 Å². The van der Waals surface area contributed by atoms with Gasteiger partial charge in [-0.15, -0.1) is 0 Å². The molecule has 8 nitrogen and oxygen atoms in total. The maximum absolute atomic E-state index is 13.4. The average molecular weight is 519 g/mol. The van der Waals surface area contributed by atoms with Crippen molar-refractivity contribution < 1.29 is 13.5 Å². The number of ether oxygens (including phenoxy) is 1. The second-order valence-electron chi connectivity index (χ2n) is 10.9. The number of aromatic nitrogens is 4. The van der Waals surface area contributed by atoms with Gasteiger partial charge in [-0.3, -0.25) is 14.9 Å². The molecule has 196 valence electrons. The van der Waals surface area contributed by atoms with Gasteiger partial charge >= 0.3 is 6.61 Å². The molecule has 2 aromatic carbocycles. The molecular formula is C28H28F2N6O2. The number of benzene rings is 2. The normalized spacial score (nSPS) is 21.3. The third kappa shape index (κ3) is 3.53. The summed E-state index contributed by atoms with van der Waals surface area (Å²) in [5.74, 6) is 0.603. The number of hydrogen-bond donors (Lipinski definition) is 3. The van der Waals surface area contributed by atoms with Crippen LogP contribution in [-0.4, -0.2) is 39.9 Å². The number of alkyl halides is 2. The summed E-state index contributed by atoms with van der Waals surface area (Å²) in [6.07, 6.45) is 4.34. The van der Waals surface area contributed by atoms with E-state index in [2.05, 4.69) is 49.1 Å². The van der Waals surface area contributed by atoms with E-state index in [1.807, 2.05) is 6.07 Å². The summed E-state index contributed by atoms with van der Waals surface area (Å²) in [6.45, 7) is -1.41. The third-order valence-electron chi connectivity index (χ3n) is 8.90. The molecule has 0 amide bonds. The summed E-state index contributed by atoms with van der Waals surface area (Å²) >= 11 is 0. The lowest BCUT2D eigenvalue weighted by atomic mass is 9.73. The number of piperidine rings is 1. The molecule has 1 spiro atoms. The van der Waals surface area contributed by atoms with Crippen LogP contribution in [0.2, 0.25) is 0 Å². The summed E-state index contributed by atoms with van der Waals surface area (Å²) in [5, 5.41) is 7.85. The number of hydrogen-bond acceptors (Lipinski definition) is 6. The van der Waals surface area contributed by atoms with Gasteiger partial charge in [0, 0.05) is 24.5 Å². The van der Waals surface area contributed by atoms with Crippen LogP contribution in [0.5, 0.6) is 5.75 Å². The number of nitrogens with zero attached hydrogens (tertiary/aromatic N) is 3. The van der Waals surface area contributed by atoms with E-state index in [1.165, 1.54) is 17.2 Å². The number of nitrogens with two attached hydrogens (primary N) is 1. The minimum atomic E-state index is -2.90. The van der Waals surface area contributed by atoms with Crippen LogP contribution in [0.4, 0.5) is 14.7 Å². The summed E-state index contributed by atoms with van der Waals surface area (Å²) in [4.78, 5) is 23.2. The SMILES string of the molecule is N[C@@H]1c2ccccc2CC12CCN(c1nc3n[nH]c(C4(c5cccc(OC(F)F)c5)CC4)c3c(=O)[nH]1)CC2. The van der Waals surface area contributed by atoms with E-state index in [-0.39, 0.29) is 22.8 Å². The zero-order valence-corrected chi connectivity index (χ0v) is 20.7. The van der Waals surface area contributed by atoms with Crippen LogP contribution in [0, 0.1) is 5.41 Å². The summed E-state index contributed by atoms with van der Waals surface area (Å²) < 4.78 is 30.1. The molecule has 1 aliphatic heterocycles. The zero-order valence-electron chi connectivity index (χ0n) is 20.7. The molecule has 4 aromatic rings. The molecule has 0 radical (unpaired) electrons. The Kier molecular flexibility index (Phi) is 5.13. The Labute approximate surface area is 217 Å². The van der Waals surface area contributed by atoms with Crippen LogP contribution in [0.25, 0.3) is 11.0 Å². The highest BCUT2D eigenvalue weighted by Gasteiger charge is 2.49. The number of nitrogens with one attached hydrogen (secondary N) is 2. The van der Waals surface area contributed by atoms with Crippen LogP contribution in [-0.2, 0) is 11.8 Å². The third-order valence-corrected chi connectivity index (χ3v) is 8.90. The van der Waals surface area contributed by atoms with Crippen LogP contribution >= 0.6 is 0 Å². The Balaban J connectivity index is 1.15. The van der Waals surface area contributed by atoms with E-state index in [0.29, 0.717) is 22.7 Å². The molecular weight excluding hydrogens is 490 g/mol. The van der Waals surface area contributed by atoms with Crippen LogP contribution in [0.15, 0.2) is 53.3 Å². The monoisotopic (exact) mass is 518 g/mol. The highest BCUT2D eigenvalue weighted by molar-refractivity contribution is 5.80. The summed E-state index contributed by atoms with van der Waals surface area (Å²) in [5.41, 5.74) is 10.4. The molecule has 2 aliphatic carbocycles. The van der Waals surface area contributed by atoms with Crippen LogP contribution < -0.4 is 20.9 Å². The molecule has 0 unspecified atom stereocenters. The van der Waals surface area contributed by atoms with E-state index in [9.17, 15) is 13.6 Å². The van der Waals surface area contributed by atoms with E-state index in [4.69, 9.17) is 10.7 Å². The predicted octanol–water partition coefficient (Wildman–Crippen LogP) is 4.17. The molecule has 0 bridgehead atoms. The van der Waals surface area contributed by atoms with E-state index < -0.39 is 12.0 Å². The smallest absolute Gasteiger partial charge is 0.387 e. The van der Waals surface area contributed by atoms with Gasteiger partial charge < -0.3 is 15.4 Å². The molecule has 2 fully saturated rings.